The fourth-order valence-electron chi connectivity index (χ4n) is 3.12. The third kappa shape index (κ3) is 2.72. The standard InChI is InChI=1S/C17H19FN4S/c1-11(2)16-19-5-6-21(16)8-12-9-22(10-12)17-20-14-4-3-13(18)7-15(14)23-17/h3-7,11-12H,8-10H2,1-2H3. The Kier molecular flexibility index (Phi) is 3.56. The average Bonchev–Trinajstić information content (AvgIpc) is 3.07. The van der Waals surface area contributed by atoms with Crippen molar-refractivity contribution >= 4 is 26.7 Å². The van der Waals surface area contributed by atoms with Crippen molar-refractivity contribution in [2.45, 2.75) is 26.3 Å². The number of hydrogen-bond donors (Lipinski definition) is 0. The predicted octanol–water partition coefficient (Wildman–Crippen LogP) is 3.89. The molecule has 4 nitrogen and oxygen atoms in total. The topological polar surface area (TPSA) is 34.0 Å². The molecule has 1 fully saturated rings. The molecule has 4 rings (SSSR count). The van der Waals surface area contributed by atoms with E-state index in [9.17, 15) is 4.39 Å². The maximum absolute atomic E-state index is 13.3. The Morgan fingerprint density at radius 3 is 2.96 bits per heavy atom. The highest BCUT2D eigenvalue weighted by Gasteiger charge is 2.29. The number of thiazole rings is 1. The van der Waals surface area contributed by atoms with Crippen LogP contribution in [-0.2, 0) is 6.54 Å². The maximum Gasteiger partial charge on any atom is 0.186 e. The highest BCUT2D eigenvalue weighted by atomic mass is 32.1. The largest absolute Gasteiger partial charge is 0.347 e. The first-order valence-electron chi connectivity index (χ1n) is 7.92. The van der Waals surface area contributed by atoms with E-state index < -0.39 is 0 Å². The quantitative estimate of drug-likeness (QED) is 0.728. The van der Waals surface area contributed by atoms with Crippen LogP contribution in [0.5, 0.6) is 0 Å². The Balaban J connectivity index is 1.43. The Bertz CT molecular complexity index is 832. The van der Waals surface area contributed by atoms with Crippen molar-refractivity contribution in [2.24, 2.45) is 5.92 Å². The molecule has 120 valence electrons. The number of nitrogens with zero attached hydrogens (tertiary/aromatic N) is 4. The second-order valence-corrected chi connectivity index (χ2v) is 7.48. The number of fused-ring (bicyclic) bond motifs is 1. The number of hydrogen-bond acceptors (Lipinski definition) is 4. The van der Waals surface area contributed by atoms with Crippen molar-refractivity contribution in [1.82, 2.24) is 14.5 Å². The molecule has 2 aromatic heterocycles. The summed E-state index contributed by atoms with van der Waals surface area (Å²) >= 11 is 1.57. The zero-order chi connectivity index (χ0) is 16.0. The molecule has 3 heterocycles. The van der Waals surface area contributed by atoms with Crippen LogP contribution < -0.4 is 4.90 Å². The van der Waals surface area contributed by atoms with Gasteiger partial charge in [0.15, 0.2) is 5.13 Å². The lowest BCUT2D eigenvalue weighted by molar-refractivity contribution is 0.350. The summed E-state index contributed by atoms with van der Waals surface area (Å²) in [7, 11) is 0. The minimum Gasteiger partial charge on any atom is -0.347 e. The third-order valence-corrected chi connectivity index (χ3v) is 5.36. The van der Waals surface area contributed by atoms with Gasteiger partial charge in [0.25, 0.3) is 0 Å². The molecular weight excluding hydrogens is 311 g/mol. The number of aromatic nitrogens is 3. The SMILES string of the molecule is CC(C)c1nccn1CC1CN(c2nc3ccc(F)cc3s2)C1. The van der Waals surface area contributed by atoms with Gasteiger partial charge in [0.05, 0.1) is 10.2 Å². The smallest absolute Gasteiger partial charge is 0.186 e. The van der Waals surface area contributed by atoms with E-state index in [0.29, 0.717) is 11.8 Å². The van der Waals surface area contributed by atoms with E-state index >= 15 is 0 Å². The number of halogens is 1. The molecule has 0 spiro atoms. The van der Waals surface area contributed by atoms with Crippen LogP contribution in [0.15, 0.2) is 30.6 Å². The van der Waals surface area contributed by atoms with E-state index in [4.69, 9.17) is 0 Å². The van der Waals surface area contributed by atoms with Crippen molar-refractivity contribution in [3.63, 3.8) is 0 Å². The molecule has 0 saturated carbocycles. The van der Waals surface area contributed by atoms with Crippen molar-refractivity contribution in [2.75, 3.05) is 18.0 Å². The summed E-state index contributed by atoms with van der Waals surface area (Å²) in [5, 5.41) is 0.997. The van der Waals surface area contributed by atoms with Crippen molar-refractivity contribution in [3.8, 4) is 0 Å². The van der Waals surface area contributed by atoms with E-state index in [2.05, 4.69) is 39.5 Å². The van der Waals surface area contributed by atoms with Crippen LogP contribution in [0.2, 0.25) is 0 Å². The fraction of sp³-hybridized carbons (Fsp3) is 0.412. The molecule has 0 unspecified atom stereocenters. The molecule has 6 heteroatoms. The molecule has 0 aliphatic carbocycles. The molecule has 0 N–H and O–H groups in total. The minimum atomic E-state index is -0.199. The van der Waals surface area contributed by atoms with Gasteiger partial charge in [-0.25, -0.2) is 14.4 Å². The third-order valence-electron chi connectivity index (χ3n) is 4.29. The van der Waals surface area contributed by atoms with Gasteiger partial charge in [0.1, 0.15) is 11.6 Å². The fourth-order valence-corrected chi connectivity index (χ4v) is 4.13. The van der Waals surface area contributed by atoms with Crippen molar-refractivity contribution in [3.05, 3.63) is 42.2 Å². The first kappa shape index (κ1) is 14.6. The van der Waals surface area contributed by atoms with Crippen LogP contribution in [0.3, 0.4) is 0 Å². The van der Waals surface area contributed by atoms with Crippen molar-refractivity contribution in [1.29, 1.82) is 0 Å². The maximum atomic E-state index is 13.3. The van der Waals surface area contributed by atoms with Crippen LogP contribution in [0.25, 0.3) is 10.2 Å². The normalized spacial score (nSPS) is 15.6. The molecule has 1 saturated heterocycles. The highest BCUT2D eigenvalue weighted by molar-refractivity contribution is 7.22. The number of imidazole rings is 1. The average molecular weight is 330 g/mol. The van der Waals surface area contributed by atoms with Gasteiger partial charge in [0, 0.05) is 43.9 Å². The molecule has 1 aliphatic heterocycles. The Morgan fingerprint density at radius 2 is 2.17 bits per heavy atom. The lowest BCUT2D eigenvalue weighted by atomic mass is 10.0. The molecular formula is C17H19FN4S. The Morgan fingerprint density at radius 1 is 1.35 bits per heavy atom. The molecule has 0 atom stereocenters. The summed E-state index contributed by atoms with van der Waals surface area (Å²) < 4.78 is 16.5. The van der Waals surface area contributed by atoms with Gasteiger partial charge in [-0.15, -0.1) is 0 Å². The first-order chi connectivity index (χ1) is 11.1. The first-order valence-corrected chi connectivity index (χ1v) is 8.74. The van der Waals surface area contributed by atoms with Crippen LogP contribution >= 0.6 is 11.3 Å². The van der Waals surface area contributed by atoms with E-state index in [1.807, 2.05) is 6.20 Å². The van der Waals surface area contributed by atoms with Crippen LogP contribution in [0, 0.1) is 11.7 Å². The number of benzene rings is 1. The Hall–Kier alpha value is -1.95. The lowest BCUT2D eigenvalue weighted by Crippen LogP contribution is -2.48. The summed E-state index contributed by atoms with van der Waals surface area (Å²) in [6, 6.07) is 4.79. The van der Waals surface area contributed by atoms with E-state index in [-0.39, 0.29) is 5.82 Å². The van der Waals surface area contributed by atoms with Gasteiger partial charge in [-0.2, -0.15) is 0 Å². The van der Waals surface area contributed by atoms with Crippen LogP contribution in [0.4, 0.5) is 9.52 Å². The van der Waals surface area contributed by atoms with Gasteiger partial charge in [0.2, 0.25) is 0 Å². The van der Waals surface area contributed by atoms with Gasteiger partial charge in [-0.1, -0.05) is 25.2 Å². The van der Waals surface area contributed by atoms with Crippen LogP contribution in [-0.4, -0.2) is 27.6 Å². The summed E-state index contributed by atoms with van der Waals surface area (Å²) in [6.07, 6.45) is 3.95. The summed E-state index contributed by atoms with van der Waals surface area (Å²) in [6.45, 7) is 7.35. The number of anilines is 1. The second kappa shape index (κ2) is 5.60. The van der Waals surface area contributed by atoms with Gasteiger partial charge in [-0.05, 0) is 18.2 Å². The monoisotopic (exact) mass is 330 g/mol. The summed E-state index contributed by atoms with van der Waals surface area (Å²) in [5.41, 5.74) is 0.881. The second-order valence-electron chi connectivity index (χ2n) is 6.47. The van der Waals surface area contributed by atoms with Crippen LogP contribution in [0.1, 0.15) is 25.6 Å². The molecule has 3 aromatic rings. The molecule has 0 radical (unpaired) electrons. The molecule has 0 amide bonds. The lowest BCUT2D eigenvalue weighted by Gasteiger charge is -2.39. The molecule has 23 heavy (non-hydrogen) atoms. The summed E-state index contributed by atoms with van der Waals surface area (Å²) in [4.78, 5) is 11.3. The Labute approximate surface area is 138 Å². The van der Waals surface area contributed by atoms with Gasteiger partial charge >= 0.3 is 0 Å². The predicted molar refractivity (Wildman–Crippen MR) is 91.6 cm³/mol. The zero-order valence-electron chi connectivity index (χ0n) is 13.2. The summed E-state index contributed by atoms with van der Waals surface area (Å²) in [5.74, 6) is 2.01. The zero-order valence-corrected chi connectivity index (χ0v) is 14.1. The molecule has 1 aliphatic rings. The molecule has 1 aromatic carbocycles. The van der Waals surface area contributed by atoms with Crippen molar-refractivity contribution < 1.29 is 4.39 Å². The van der Waals surface area contributed by atoms with Gasteiger partial charge in [-0.3, -0.25) is 0 Å². The highest BCUT2D eigenvalue weighted by Crippen LogP contribution is 2.33. The van der Waals surface area contributed by atoms with E-state index in [1.54, 1.807) is 23.5 Å². The minimum absolute atomic E-state index is 0.199. The van der Waals surface area contributed by atoms with Gasteiger partial charge < -0.3 is 9.47 Å². The number of rotatable bonds is 4. The van der Waals surface area contributed by atoms with E-state index in [0.717, 1.165) is 40.8 Å². The molecule has 0 bridgehead atoms. The van der Waals surface area contributed by atoms with E-state index in [1.165, 1.54) is 6.07 Å².